The minimum Gasteiger partial charge on any atom is -0.320 e. The minimum absolute atomic E-state index is 0.965. The number of nitrogens with zero attached hydrogens (tertiary/aromatic N) is 3. The van der Waals surface area contributed by atoms with Crippen molar-refractivity contribution in [2.45, 2.75) is 19.8 Å². The third-order valence-corrected chi connectivity index (χ3v) is 2.67. The van der Waals surface area contributed by atoms with Gasteiger partial charge in [0, 0.05) is 0 Å². The molecule has 0 amide bonds. The number of hydrogen-bond donors (Lipinski definition) is 1. The summed E-state index contributed by atoms with van der Waals surface area (Å²) in [5.41, 5.74) is 3.34. The van der Waals surface area contributed by atoms with E-state index in [1.165, 1.54) is 5.56 Å². The van der Waals surface area contributed by atoms with Crippen LogP contribution in [0.25, 0.3) is 5.69 Å². The van der Waals surface area contributed by atoms with E-state index in [4.69, 9.17) is 0 Å². The van der Waals surface area contributed by atoms with Gasteiger partial charge in [0.2, 0.25) is 0 Å². The van der Waals surface area contributed by atoms with Crippen molar-refractivity contribution in [3.05, 3.63) is 41.7 Å². The molecule has 17 heavy (non-hydrogen) atoms. The zero-order valence-corrected chi connectivity index (χ0v) is 10.3. The van der Waals surface area contributed by atoms with E-state index < -0.39 is 0 Å². The molecule has 0 atom stereocenters. The number of hydrogen-bond acceptors (Lipinski definition) is 3. The summed E-state index contributed by atoms with van der Waals surface area (Å²) >= 11 is 0. The van der Waals surface area contributed by atoms with E-state index in [1.54, 1.807) is 0 Å². The molecule has 0 saturated carbocycles. The third kappa shape index (κ3) is 3.14. The minimum atomic E-state index is 0.965. The zero-order valence-electron chi connectivity index (χ0n) is 10.3. The van der Waals surface area contributed by atoms with Gasteiger partial charge in [-0.15, -0.1) is 5.10 Å². The molecular formula is C13H18N4. The summed E-state index contributed by atoms with van der Waals surface area (Å²) < 4.78 is 1.84. The van der Waals surface area contributed by atoms with Crippen molar-refractivity contribution in [2.75, 3.05) is 13.6 Å². The predicted molar refractivity (Wildman–Crippen MR) is 68.3 cm³/mol. The fraction of sp³-hybridized carbons (Fsp3) is 0.385. The molecule has 1 aromatic heterocycles. The maximum Gasteiger partial charge on any atom is 0.0832 e. The van der Waals surface area contributed by atoms with E-state index in [0.29, 0.717) is 0 Å². The maximum absolute atomic E-state index is 4.18. The van der Waals surface area contributed by atoms with Crippen LogP contribution in [0.1, 0.15) is 17.7 Å². The zero-order chi connectivity index (χ0) is 12.1. The highest BCUT2D eigenvalue weighted by Crippen LogP contribution is 2.09. The molecular weight excluding hydrogens is 212 g/mol. The standard InChI is InChI=1S/C13H18N4/c1-11-5-3-7-13(9-11)17-10-12(15-16-17)6-4-8-14-2/h3,5,7,9-10,14H,4,6,8H2,1-2H3. The van der Waals surface area contributed by atoms with E-state index in [0.717, 1.165) is 30.8 Å². The van der Waals surface area contributed by atoms with Gasteiger partial charge in [0.25, 0.3) is 0 Å². The lowest BCUT2D eigenvalue weighted by Gasteiger charge is -2.00. The van der Waals surface area contributed by atoms with E-state index in [2.05, 4.69) is 34.7 Å². The molecule has 2 aromatic rings. The Balaban J connectivity index is 2.07. The summed E-state index contributed by atoms with van der Waals surface area (Å²) in [6, 6.07) is 8.26. The number of aryl methyl sites for hydroxylation is 2. The first-order chi connectivity index (χ1) is 8.29. The van der Waals surface area contributed by atoms with Crippen LogP contribution in [0.5, 0.6) is 0 Å². The second-order valence-electron chi connectivity index (χ2n) is 4.20. The van der Waals surface area contributed by atoms with Gasteiger partial charge in [-0.3, -0.25) is 0 Å². The van der Waals surface area contributed by atoms with Crippen LogP contribution in [0.4, 0.5) is 0 Å². The van der Waals surface area contributed by atoms with Gasteiger partial charge >= 0.3 is 0 Å². The van der Waals surface area contributed by atoms with Gasteiger partial charge in [0.1, 0.15) is 0 Å². The third-order valence-electron chi connectivity index (χ3n) is 2.67. The van der Waals surface area contributed by atoms with Crippen LogP contribution in [0.2, 0.25) is 0 Å². The van der Waals surface area contributed by atoms with Gasteiger partial charge in [-0.25, -0.2) is 4.68 Å². The van der Waals surface area contributed by atoms with E-state index in [1.807, 2.05) is 30.1 Å². The fourth-order valence-electron chi connectivity index (χ4n) is 1.76. The average molecular weight is 230 g/mol. The Morgan fingerprint density at radius 1 is 1.35 bits per heavy atom. The molecule has 2 rings (SSSR count). The first-order valence-corrected chi connectivity index (χ1v) is 5.92. The van der Waals surface area contributed by atoms with E-state index in [9.17, 15) is 0 Å². The number of rotatable bonds is 5. The number of nitrogens with one attached hydrogen (secondary N) is 1. The lowest BCUT2D eigenvalue weighted by molar-refractivity contribution is 0.712. The lowest BCUT2D eigenvalue weighted by Crippen LogP contribution is -2.08. The van der Waals surface area contributed by atoms with Crippen molar-refractivity contribution in [1.29, 1.82) is 0 Å². The molecule has 90 valence electrons. The van der Waals surface area contributed by atoms with Crippen LogP contribution in [0.15, 0.2) is 30.5 Å². The highest BCUT2D eigenvalue weighted by atomic mass is 15.4. The Hall–Kier alpha value is -1.68. The molecule has 0 aliphatic rings. The summed E-state index contributed by atoms with van der Waals surface area (Å²) in [7, 11) is 1.96. The molecule has 0 spiro atoms. The van der Waals surface area contributed by atoms with Crippen molar-refractivity contribution < 1.29 is 0 Å². The first kappa shape index (κ1) is 11.8. The van der Waals surface area contributed by atoms with Gasteiger partial charge in [0.15, 0.2) is 0 Å². The molecule has 1 heterocycles. The molecule has 4 nitrogen and oxygen atoms in total. The molecule has 0 radical (unpaired) electrons. The van der Waals surface area contributed by atoms with Gasteiger partial charge in [0.05, 0.1) is 17.6 Å². The smallest absolute Gasteiger partial charge is 0.0832 e. The molecule has 0 aliphatic carbocycles. The normalized spacial score (nSPS) is 10.7. The molecule has 0 fully saturated rings. The van der Waals surface area contributed by atoms with Crippen LogP contribution in [0.3, 0.4) is 0 Å². The largest absolute Gasteiger partial charge is 0.320 e. The Morgan fingerprint density at radius 2 is 2.24 bits per heavy atom. The van der Waals surface area contributed by atoms with Crippen molar-refractivity contribution in [3.8, 4) is 5.69 Å². The van der Waals surface area contributed by atoms with Crippen LogP contribution < -0.4 is 5.32 Å². The Bertz CT molecular complexity index is 476. The summed E-state index contributed by atoms with van der Waals surface area (Å²) in [6.07, 6.45) is 4.06. The molecule has 0 aliphatic heterocycles. The van der Waals surface area contributed by atoms with Crippen molar-refractivity contribution >= 4 is 0 Å². The molecule has 1 N–H and O–H groups in total. The molecule has 0 saturated heterocycles. The molecule has 0 unspecified atom stereocenters. The number of benzene rings is 1. The Kier molecular flexibility index (Phi) is 3.88. The Labute approximate surface area is 102 Å². The highest BCUT2D eigenvalue weighted by molar-refractivity contribution is 5.34. The van der Waals surface area contributed by atoms with Crippen LogP contribution in [0, 0.1) is 6.92 Å². The highest BCUT2D eigenvalue weighted by Gasteiger charge is 2.02. The van der Waals surface area contributed by atoms with Gasteiger partial charge in [-0.2, -0.15) is 0 Å². The second-order valence-corrected chi connectivity index (χ2v) is 4.20. The van der Waals surface area contributed by atoms with Crippen molar-refractivity contribution in [1.82, 2.24) is 20.3 Å². The lowest BCUT2D eigenvalue weighted by atomic mass is 10.2. The monoisotopic (exact) mass is 230 g/mol. The summed E-state index contributed by atoms with van der Waals surface area (Å²) in [5.74, 6) is 0. The van der Waals surface area contributed by atoms with E-state index >= 15 is 0 Å². The molecule has 1 aromatic carbocycles. The van der Waals surface area contributed by atoms with Crippen LogP contribution >= 0.6 is 0 Å². The molecule has 4 heteroatoms. The van der Waals surface area contributed by atoms with Gasteiger partial charge in [-0.1, -0.05) is 17.3 Å². The fourth-order valence-corrected chi connectivity index (χ4v) is 1.76. The summed E-state index contributed by atoms with van der Waals surface area (Å²) in [6.45, 7) is 3.09. The number of aromatic nitrogens is 3. The van der Waals surface area contributed by atoms with Gasteiger partial charge < -0.3 is 5.32 Å². The second kappa shape index (κ2) is 5.59. The van der Waals surface area contributed by atoms with Crippen LogP contribution in [-0.2, 0) is 6.42 Å². The SMILES string of the molecule is CNCCCc1cn(-c2cccc(C)c2)nn1. The predicted octanol–water partition coefficient (Wildman–Crippen LogP) is 1.73. The summed E-state index contributed by atoms with van der Waals surface area (Å²) in [5, 5.41) is 11.5. The summed E-state index contributed by atoms with van der Waals surface area (Å²) in [4.78, 5) is 0. The molecule has 0 bridgehead atoms. The average Bonchev–Trinajstić information content (AvgIpc) is 2.78. The van der Waals surface area contributed by atoms with Crippen molar-refractivity contribution in [2.24, 2.45) is 0 Å². The topological polar surface area (TPSA) is 42.7 Å². The Morgan fingerprint density at radius 3 is 3.00 bits per heavy atom. The van der Waals surface area contributed by atoms with Crippen LogP contribution in [-0.4, -0.2) is 28.6 Å². The maximum atomic E-state index is 4.18. The van der Waals surface area contributed by atoms with Gasteiger partial charge in [-0.05, 0) is 51.1 Å². The van der Waals surface area contributed by atoms with E-state index in [-0.39, 0.29) is 0 Å². The quantitative estimate of drug-likeness (QED) is 0.795. The van der Waals surface area contributed by atoms with Crippen molar-refractivity contribution in [3.63, 3.8) is 0 Å². The first-order valence-electron chi connectivity index (χ1n) is 5.92.